The van der Waals surface area contributed by atoms with Crippen LogP contribution < -0.4 is 0 Å². The molecule has 11 heteroatoms. The van der Waals surface area contributed by atoms with Crippen LogP contribution in [0.2, 0.25) is 5.02 Å². The third kappa shape index (κ3) is 4.98. The lowest BCUT2D eigenvalue weighted by Gasteiger charge is -2.32. The Morgan fingerprint density at radius 2 is 1.80 bits per heavy atom. The third-order valence-electron chi connectivity index (χ3n) is 4.56. The van der Waals surface area contributed by atoms with Crippen LogP contribution in [0, 0.1) is 0 Å². The fourth-order valence-electron chi connectivity index (χ4n) is 2.98. The van der Waals surface area contributed by atoms with Gasteiger partial charge in [0.15, 0.2) is 5.01 Å². The minimum atomic E-state index is -3.57. The van der Waals surface area contributed by atoms with E-state index in [9.17, 15) is 13.2 Å². The van der Waals surface area contributed by atoms with Crippen molar-refractivity contribution in [1.29, 1.82) is 0 Å². The summed E-state index contributed by atoms with van der Waals surface area (Å²) in [6, 6.07) is 8.67. The molecule has 1 saturated heterocycles. The number of amides is 1. The van der Waals surface area contributed by atoms with Gasteiger partial charge in [0.2, 0.25) is 10.0 Å². The molecule has 1 aliphatic rings. The van der Waals surface area contributed by atoms with Crippen molar-refractivity contribution in [3.8, 4) is 0 Å². The summed E-state index contributed by atoms with van der Waals surface area (Å²) in [5.41, 5.74) is 1.49. The molecule has 0 spiro atoms. The second kappa shape index (κ2) is 9.40. The summed E-state index contributed by atoms with van der Waals surface area (Å²) in [6.45, 7) is 1.12. The fourth-order valence-corrected chi connectivity index (χ4v) is 5.18. The van der Waals surface area contributed by atoms with Crippen molar-refractivity contribution in [3.63, 3.8) is 0 Å². The average molecular weight is 485 g/mol. The lowest BCUT2D eigenvalue weighted by molar-refractivity contribution is 0.0698. The van der Waals surface area contributed by atoms with E-state index < -0.39 is 10.0 Å². The summed E-state index contributed by atoms with van der Waals surface area (Å²) in [5.74, 6) is -0.181. The van der Waals surface area contributed by atoms with Gasteiger partial charge in [0.05, 0.1) is 10.2 Å². The van der Waals surface area contributed by atoms with Crippen molar-refractivity contribution in [2.75, 3.05) is 26.2 Å². The predicted octanol–water partition coefficient (Wildman–Crippen LogP) is 3.53. The Labute approximate surface area is 189 Å². The van der Waals surface area contributed by atoms with Crippen LogP contribution >= 0.6 is 35.3 Å². The van der Waals surface area contributed by atoms with E-state index in [-0.39, 0.29) is 31.4 Å². The SMILES string of the molecule is Cl.O=C(c1nc2ccncc2s1)N1CCN(S(=O)(=O)/C=C/c2ccc(Cl)cc2)CC1. The molecular weight excluding hydrogens is 467 g/mol. The number of nitrogens with zero attached hydrogens (tertiary/aromatic N) is 4. The molecular formula is C19H18Cl2N4O3S2. The second-order valence-electron chi connectivity index (χ2n) is 6.45. The Balaban J connectivity index is 0.00000256. The molecule has 1 amide bonds. The van der Waals surface area contributed by atoms with Gasteiger partial charge in [-0.1, -0.05) is 23.7 Å². The van der Waals surface area contributed by atoms with Crippen LogP contribution in [0.25, 0.3) is 16.3 Å². The Morgan fingerprint density at radius 3 is 2.47 bits per heavy atom. The predicted molar refractivity (Wildman–Crippen MR) is 122 cm³/mol. The zero-order valence-corrected chi connectivity index (χ0v) is 18.8. The number of halogens is 2. The zero-order valence-electron chi connectivity index (χ0n) is 15.6. The highest BCUT2D eigenvalue weighted by atomic mass is 35.5. The summed E-state index contributed by atoms with van der Waals surface area (Å²) in [4.78, 5) is 22.8. The minimum absolute atomic E-state index is 0. The van der Waals surface area contributed by atoms with Gasteiger partial charge in [0.1, 0.15) is 0 Å². The molecule has 0 aliphatic carbocycles. The van der Waals surface area contributed by atoms with Crippen LogP contribution in [0.4, 0.5) is 0 Å². The highest BCUT2D eigenvalue weighted by Crippen LogP contribution is 2.22. The van der Waals surface area contributed by atoms with E-state index >= 15 is 0 Å². The first kappa shape index (κ1) is 22.6. The largest absolute Gasteiger partial charge is 0.334 e. The maximum atomic E-state index is 12.7. The number of fused-ring (bicyclic) bond motifs is 1. The van der Waals surface area contributed by atoms with E-state index in [2.05, 4.69) is 9.97 Å². The molecule has 1 fully saturated rings. The summed E-state index contributed by atoms with van der Waals surface area (Å²) in [5, 5.41) is 2.18. The Morgan fingerprint density at radius 1 is 1.10 bits per heavy atom. The van der Waals surface area contributed by atoms with Gasteiger partial charge in [-0.25, -0.2) is 13.4 Å². The average Bonchev–Trinajstić information content (AvgIpc) is 3.17. The summed E-state index contributed by atoms with van der Waals surface area (Å²) < 4.78 is 27.4. The number of hydrogen-bond acceptors (Lipinski definition) is 6. The standard InChI is InChI=1S/C19H17ClN4O3S2.ClH/c20-15-3-1-14(2-4-15)6-12-29(26,27)24-10-8-23(9-11-24)19(25)18-22-16-5-7-21-13-17(16)28-18;/h1-7,12-13H,8-11H2;1H/b12-6+;. The normalized spacial score (nSPS) is 15.4. The van der Waals surface area contributed by atoms with Gasteiger partial charge in [-0.05, 0) is 29.8 Å². The topological polar surface area (TPSA) is 83.5 Å². The Kier molecular flexibility index (Phi) is 7.10. The van der Waals surface area contributed by atoms with Gasteiger partial charge >= 0.3 is 0 Å². The molecule has 7 nitrogen and oxygen atoms in total. The van der Waals surface area contributed by atoms with E-state index in [4.69, 9.17) is 11.6 Å². The number of sulfonamides is 1. The van der Waals surface area contributed by atoms with Gasteiger partial charge in [-0.2, -0.15) is 4.31 Å². The first-order valence-corrected chi connectivity index (χ1v) is 11.6. The molecule has 3 heterocycles. The zero-order chi connectivity index (χ0) is 20.4. The van der Waals surface area contributed by atoms with Crippen LogP contribution in [-0.2, 0) is 10.0 Å². The smallest absolute Gasteiger partial charge is 0.282 e. The highest BCUT2D eigenvalue weighted by molar-refractivity contribution is 7.92. The number of carbonyl (C=O) groups is 1. The summed E-state index contributed by atoms with van der Waals surface area (Å²) >= 11 is 7.14. The third-order valence-corrected chi connectivity index (χ3v) is 7.37. The highest BCUT2D eigenvalue weighted by Gasteiger charge is 2.29. The van der Waals surface area contributed by atoms with Crippen LogP contribution in [0.1, 0.15) is 15.4 Å². The van der Waals surface area contributed by atoms with Crippen LogP contribution in [-0.4, -0.2) is 59.7 Å². The molecule has 0 unspecified atom stereocenters. The van der Waals surface area contributed by atoms with E-state index in [0.29, 0.717) is 23.1 Å². The molecule has 4 rings (SSSR count). The van der Waals surface area contributed by atoms with Gasteiger partial charge in [0, 0.05) is 49.0 Å². The molecule has 2 aromatic heterocycles. The van der Waals surface area contributed by atoms with Crippen molar-refractivity contribution < 1.29 is 13.2 Å². The van der Waals surface area contributed by atoms with Crippen molar-refractivity contribution in [2.45, 2.75) is 0 Å². The van der Waals surface area contributed by atoms with Gasteiger partial charge in [0.25, 0.3) is 5.91 Å². The number of thiazole rings is 1. The molecule has 0 N–H and O–H groups in total. The van der Waals surface area contributed by atoms with E-state index in [1.807, 2.05) is 0 Å². The molecule has 1 aliphatic heterocycles. The van der Waals surface area contributed by atoms with Crippen molar-refractivity contribution >= 4 is 67.6 Å². The Bertz CT molecular complexity index is 1140. The molecule has 3 aromatic rings. The van der Waals surface area contributed by atoms with Crippen molar-refractivity contribution in [1.82, 2.24) is 19.2 Å². The molecule has 158 valence electrons. The second-order valence-corrected chi connectivity index (χ2v) is 9.74. The quantitative estimate of drug-likeness (QED) is 0.565. The number of carbonyl (C=O) groups excluding carboxylic acids is 1. The van der Waals surface area contributed by atoms with Crippen molar-refractivity contribution in [2.24, 2.45) is 0 Å². The molecule has 0 atom stereocenters. The van der Waals surface area contributed by atoms with E-state index in [1.165, 1.54) is 21.1 Å². The number of rotatable bonds is 4. The Hall–Kier alpha value is -2.04. The fraction of sp³-hybridized carbons (Fsp3) is 0.211. The number of benzene rings is 1. The first-order valence-electron chi connectivity index (χ1n) is 8.86. The minimum Gasteiger partial charge on any atom is -0.334 e. The summed E-state index contributed by atoms with van der Waals surface area (Å²) in [7, 11) is -3.57. The van der Waals surface area contributed by atoms with E-state index in [0.717, 1.165) is 15.8 Å². The number of aromatic nitrogens is 2. The first-order chi connectivity index (χ1) is 13.9. The number of hydrogen-bond donors (Lipinski definition) is 0. The maximum Gasteiger partial charge on any atom is 0.282 e. The van der Waals surface area contributed by atoms with Crippen molar-refractivity contribution in [3.05, 3.63) is 63.7 Å². The van der Waals surface area contributed by atoms with Crippen LogP contribution in [0.15, 0.2) is 48.1 Å². The molecule has 0 saturated carbocycles. The molecule has 0 bridgehead atoms. The number of piperazine rings is 1. The van der Waals surface area contributed by atoms with Gasteiger partial charge in [-0.15, -0.1) is 23.7 Å². The lowest BCUT2D eigenvalue weighted by atomic mass is 10.2. The summed E-state index contributed by atoms with van der Waals surface area (Å²) in [6.07, 6.45) is 4.86. The monoisotopic (exact) mass is 484 g/mol. The lowest BCUT2D eigenvalue weighted by Crippen LogP contribution is -2.50. The van der Waals surface area contributed by atoms with Crippen LogP contribution in [0.5, 0.6) is 0 Å². The van der Waals surface area contributed by atoms with Gasteiger partial charge in [-0.3, -0.25) is 9.78 Å². The van der Waals surface area contributed by atoms with E-state index in [1.54, 1.807) is 53.7 Å². The van der Waals surface area contributed by atoms with Gasteiger partial charge < -0.3 is 4.90 Å². The number of pyridine rings is 1. The van der Waals surface area contributed by atoms with Crippen LogP contribution in [0.3, 0.4) is 0 Å². The maximum absolute atomic E-state index is 12.7. The molecule has 0 radical (unpaired) electrons. The molecule has 1 aromatic carbocycles. The molecule has 30 heavy (non-hydrogen) atoms.